The highest BCUT2D eigenvalue weighted by Gasteiger charge is 2.22. The summed E-state index contributed by atoms with van der Waals surface area (Å²) in [5.41, 5.74) is 6.09. The summed E-state index contributed by atoms with van der Waals surface area (Å²) in [5, 5.41) is 4.28. The molecule has 0 aliphatic heterocycles. The Bertz CT molecular complexity index is 925. The van der Waals surface area contributed by atoms with E-state index < -0.39 is 0 Å². The summed E-state index contributed by atoms with van der Waals surface area (Å²) in [7, 11) is 4.02. The second-order valence-corrected chi connectivity index (χ2v) is 7.76. The first kappa shape index (κ1) is 20.2. The lowest BCUT2D eigenvalue weighted by atomic mass is 9.87. The lowest BCUT2D eigenvalue weighted by Crippen LogP contribution is -2.32. The van der Waals surface area contributed by atoms with Crippen LogP contribution in [0.15, 0.2) is 48.7 Å². The van der Waals surface area contributed by atoms with Crippen LogP contribution in [-0.2, 0) is 11.2 Å². The van der Waals surface area contributed by atoms with Gasteiger partial charge in [0.15, 0.2) is 0 Å². The van der Waals surface area contributed by atoms with E-state index in [4.69, 9.17) is 0 Å². The topological polar surface area (TPSA) is 48.1 Å². The van der Waals surface area contributed by atoms with E-state index in [1.54, 1.807) is 0 Å². The van der Waals surface area contributed by atoms with E-state index in [1.807, 2.05) is 14.1 Å². The third kappa shape index (κ3) is 4.63. The number of likely N-dealkylation sites (N-methyl/N-ethyl adjacent to an activating group) is 1. The number of para-hydroxylation sites is 1. The number of nitrogens with zero attached hydrogens (tertiary/aromatic N) is 1. The van der Waals surface area contributed by atoms with Crippen molar-refractivity contribution >= 4 is 16.8 Å². The second-order valence-electron chi connectivity index (χ2n) is 7.76. The number of carbonyl (C=O) groups excluding carboxylic acids is 1. The Morgan fingerprint density at radius 1 is 1.14 bits per heavy atom. The van der Waals surface area contributed by atoms with Crippen molar-refractivity contribution in [2.24, 2.45) is 0 Å². The van der Waals surface area contributed by atoms with Gasteiger partial charge in [0.2, 0.25) is 5.91 Å². The Morgan fingerprint density at radius 2 is 1.89 bits per heavy atom. The average Bonchev–Trinajstić information content (AvgIpc) is 3.10. The SMILES string of the molecule is CCc1cccc2c(C(CC(=O)NCCN(C)C)c3ccc(C)cc3)c[nH]c12. The van der Waals surface area contributed by atoms with Crippen molar-refractivity contribution < 1.29 is 4.79 Å². The van der Waals surface area contributed by atoms with Crippen molar-refractivity contribution in [1.82, 2.24) is 15.2 Å². The molecule has 0 radical (unpaired) electrons. The van der Waals surface area contributed by atoms with Crippen LogP contribution in [-0.4, -0.2) is 43.0 Å². The Kier molecular flexibility index (Phi) is 6.53. The highest BCUT2D eigenvalue weighted by atomic mass is 16.1. The lowest BCUT2D eigenvalue weighted by Gasteiger charge is -2.18. The predicted octanol–water partition coefficient (Wildman–Crippen LogP) is 4.24. The minimum atomic E-state index is 0.0285. The molecular weight excluding hydrogens is 346 g/mol. The molecule has 148 valence electrons. The molecule has 1 amide bonds. The highest BCUT2D eigenvalue weighted by molar-refractivity contribution is 5.88. The molecule has 2 N–H and O–H groups in total. The summed E-state index contributed by atoms with van der Waals surface area (Å²) in [4.78, 5) is 18.2. The number of aromatic nitrogens is 1. The van der Waals surface area contributed by atoms with E-state index in [9.17, 15) is 4.79 Å². The standard InChI is InChI=1S/C24H31N3O/c1-5-18-7-6-8-20-22(16-26-24(18)20)21(19-11-9-17(2)10-12-19)15-23(28)25-13-14-27(3)4/h6-12,16,21,26H,5,13-15H2,1-4H3,(H,25,28). The van der Waals surface area contributed by atoms with Crippen LogP contribution in [0, 0.1) is 6.92 Å². The van der Waals surface area contributed by atoms with Crippen LogP contribution in [0.3, 0.4) is 0 Å². The molecule has 0 aliphatic carbocycles. The predicted molar refractivity (Wildman–Crippen MR) is 117 cm³/mol. The molecule has 2 aromatic carbocycles. The molecule has 1 heterocycles. The van der Waals surface area contributed by atoms with Gasteiger partial charge in [0.25, 0.3) is 0 Å². The molecule has 4 heteroatoms. The maximum atomic E-state index is 12.7. The Labute approximate surface area is 167 Å². The third-order valence-electron chi connectivity index (χ3n) is 5.34. The number of aromatic amines is 1. The number of H-pyrrole nitrogens is 1. The first-order valence-electron chi connectivity index (χ1n) is 10.1. The van der Waals surface area contributed by atoms with Crippen LogP contribution < -0.4 is 5.32 Å². The monoisotopic (exact) mass is 377 g/mol. The van der Waals surface area contributed by atoms with Crippen molar-refractivity contribution in [3.63, 3.8) is 0 Å². The van der Waals surface area contributed by atoms with Crippen molar-refractivity contribution in [2.75, 3.05) is 27.2 Å². The zero-order valence-electron chi connectivity index (χ0n) is 17.4. The number of carbonyl (C=O) groups is 1. The summed E-state index contributed by atoms with van der Waals surface area (Å²) in [6.07, 6.45) is 3.51. The molecule has 0 aliphatic rings. The van der Waals surface area contributed by atoms with Crippen molar-refractivity contribution in [3.8, 4) is 0 Å². The molecule has 0 saturated carbocycles. The molecule has 3 rings (SSSR count). The quantitative estimate of drug-likeness (QED) is 0.617. The molecule has 3 aromatic rings. The van der Waals surface area contributed by atoms with E-state index in [2.05, 4.69) is 77.7 Å². The first-order chi connectivity index (χ1) is 13.5. The first-order valence-corrected chi connectivity index (χ1v) is 10.1. The van der Waals surface area contributed by atoms with Gasteiger partial charge in [-0.25, -0.2) is 0 Å². The van der Waals surface area contributed by atoms with E-state index in [0.717, 1.165) is 13.0 Å². The molecule has 1 unspecified atom stereocenters. The third-order valence-corrected chi connectivity index (χ3v) is 5.34. The second kappa shape index (κ2) is 9.07. The molecule has 4 nitrogen and oxygen atoms in total. The molecule has 1 atom stereocenters. The van der Waals surface area contributed by atoms with E-state index in [1.165, 1.54) is 33.2 Å². The molecule has 0 fully saturated rings. The van der Waals surface area contributed by atoms with Crippen LogP contribution in [0.5, 0.6) is 0 Å². The summed E-state index contributed by atoms with van der Waals surface area (Å²) >= 11 is 0. The van der Waals surface area contributed by atoms with Gasteiger partial charge in [-0.05, 0) is 44.1 Å². The summed E-state index contributed by atoms with van der Waals surface area (Å²) < 4.78 is 0. The molecule has 0 bridgehead atoms. The van der Waals surface area contributed by atoms with Crippen molar-refractivity contribution in [3.05, 3.63) is 70.9 Å². The van der Waals surface area contributed by atoms with Gasteiger partial charge in [0.05, 0.1) is 0 Å². The Hall–Kier alpha value is -2.59. The number of benzene rings is 2. The van der Waals surface area contributed by atoms with E-state index >= 15 is 0 Å². The summed E-state index contributed by atoms with van der Waals surface area (Å²) in [5.74, 6) is 0.120. The van der Waals surface area contributed by atoms with Crippen LogP contribution in [0.1, 0.15) is 41.5 Å². The molecule has 1 aromatic heterocycles. The fraction of sp³-hybridized carbons (Fsp3) is 0.375. The fourth-order valence-electron chi connectivity index (χ4n) is 3.70. The van der Waals surface area contributed by atoms with Crippen molar-refractivity contribution in [2.45, 2.75) is 32.6 Å². The van der Waals surface area contributed by atoms with Gasteiger partial charge in [-0.1, -0.05) is 55.0 Å². The largest absolute Gasteiger partial charge is 0.361 e. The number of rotatable bonds is 8. The maximum Gasteiger partial charge on any atom is 0.220 e. The van der Waals surface area contributed by atoms with Gasteiger partial charge < -0.3 is 15.2 Å². The van der Waals surface area contributed by atoms with E-state index in [0.29, 0.717) is 13.0 Å². The minimum Gasteiger partial charge on any atom is -0.361 e. The number of amides is 1. The molecular formula is C24H31N3O. The van der Waals surface area contributed by atoms with Crippen LogP contribution in [0.4, 0.5) is 0 Å². The Morgan fingerprint density at radius 3 is 2.57 bits per heavy atom. The number of hydrogen-bond donors (Lipinski definition) is 2. The highest BCUT2D eigenvalue weighted by Crippen LogP contribution is 2.34. The van der Waals surface area contributed by atoms with Crippen molar-refractivity contribution in [1.29, 1.82) is 0 Å². The zero-order chi connectivity index (χ0) is 20.1. The number of nitrogens with one attached hydrogen (secondary N) is 2. The lowest BCUT2D eigenvalue weighted by molar-refractivity contribution is -0.121. The molecule has 0 spiro atoms. The van der Waals surface area contributed by atoms with Gasteiger partial charge in [0.1, 0.15) is 0 Å². The van der Waals surface area contributed by atoms with Crippen LogP contribution in [0.2, 0.25) is 0 Å². The van der Waals surface area contributed by atoms with Gasteiger partial charge in [0, 0.05) is 42.5 Å². The number of hydrogen-bond acceptors (Lipinski definition) is 2. The smallest absolute Gasteiger partial charge is 0.220 e. The maximum absolute atomic E-state index is 12.7. The normalized spacial score (nSPS) is 12.5. The molecule has 28 heavy (non-hydrogen) atoms. The van der Waals surface area contributed by atoms with Crippen LogP contribution >= 0.6 is 0 Å². The minimum absolute atomic E-state index is 0.0285. The Balaban J connectivity index is 1.93. The van der Waals surface area contributed by atoms with Gasteiger partial charge in [-0.2, -0.15) is 0 Å². The number of fused-ring (bicyclic) bond motifs is 1. The van der Waals surface area contributed by atoms with Gasteiger partial charge in [-0.15, -0.1) is 0 Å². The average molecular weight is 378 g/mol. The summed E-state index contributed by atoms with van der Waals surface area (Å²) in [6.45, 7) is 5.77. The van der Waals surface area contributed by atoms with Gasteiger partial charge >= 0.3 is 0 Å². The number of aryl methyl sites for hydroxylation is 2. The molecule has 0 saturated heterocycles. The zero-order valence-corrected chi connectivity index (χ0v) is 17.4. The van der Waals surface area contributed by atoms with E-state index in [-0.39, 0.29) is 11.8 Å². The summed E-state index contributed by atoms with van der Waals surface area (Å²) in [6, 6.07) is 15.0. The fourth-order valence-corrected chi connectivity index (χ4v) is 3.70. The van der Waals surface area contributed by atoms with Gasteiger partial charge in [-0.3, -0.25) is 4.79 Å². The van der Waals surface area contributed by atoms with Crippen LogP contribution in [0.25, 0.3) is 10.9 Å².